The first-order valence-corrected chi connectivity index (χ1v) is 9.70. The van der Waals surface area contributed by atoms with Gasteiger partial charge in [-0.15, -0.1) is 0 Å². The summed E-state index contributed by atoms with van der Waals surface area (Å²) < 4.78 is 30.0. The molecular weight excluding hydrogens is 398 g/mol. The average Bonchev–Trinajstić information content (AvgIpc) is 2.68. The molecule has 0 aliphatic heterocycles. The molecule has 152 valence electrons. The number of anilines is 2. The number of nitriles is 2. The van der Waals surface area contributed by atoms with Crippen molar-refractivity contribution >= 4 is 27.2 Å². The molecule has 0 aliphatic carbocycles. The van der Waals surface area contributed by atoms with Gasteiger partial charge in [0, 0.05) is 30.9 Å². The van der Waals surface area contributed by atoms with Gasteiger partial charge < -0.3 is 10.6 Å². The molecule has 2 rings (SSSR count). The van der Waals surface area contributed by atoms with Crippen molar-refractivity contribution in [2.45, 2.75) is 17.7 Å². The lowest BCUT2D eigenvalue weighted by molar-refractivity contribution is -0.385. The van der Waals surface area contributed by atoms with Crippen LogP contribution in [-0.4, -0.2) is 31.0 Å². The van der Waals surface area contributed by atoms with E-state index in [0.717, 1.165) is 17.8 Å². The van der Waals surface area contributed by atoms with Gasteiger partial charge in [0.2, 0.25) is 0 Å². The predicted molar refractivity (Wildman–Crippen MR) is 106 cm³/mol. The molecule has 2 aromatic carbocycles. The van der Waals surface area contributed by atoms with Crippen molar-refractivity contribution in [3.05, 3.63) is 58.6 Å². The lowest BCUT2D eigenvalue weighted by atomic mass is 10.2. The fraction of sp³-hybridized carbons (Fsp3) is 0.222. The fourth-order valence-electron chi connectivity index (χ4n) is 2.24. The molecule has 2 aromatic rings. The summed E-state index contributed by atoms with van der Waals surface area (Å²) in [5.41, 5.74) is 5.60. The first-order valence-electron chi connectivity index (χ1n) is 8.26. The minimum Gasteiger partial charge on any atom is -0.398 e. The van der Waals surface area contributed by atoms with Gasteiger partial charge >= 0.3 is 0 Å². The van der Waals surface area contributed by atoms with Gasteiger partial charge in [0.15, 0.2) is 0 Å². The number of nitrogens with zero attached hydrogens (tertiary/aromatic N) is 4. The maximum atomic E-state index is 10.7. The number of hydrogen-bond acceptors (Lipinski definition) is 8. The first kappa shape index (κ1) is 23.4. The molecule has 10 nitrogen and oxygen atoms in total. The summed E-state index contributed by atoms with van der Waals surface area (Å²) in [6.45, 7) is 1.37. The monoisotopic (exact) mass is 417 g/mol. The first-order chi connectivity index (χ1) is 13.7. The van der Waals surface area contributed by atoms with E-state index in [-0.39, 0.29) is 5.69 Å². The van der Waals surface area contributed by atoms with E-state index in [9.17, 15) is 18.5 Å². The van der Waals surface area contributed by atoms with Crippen molar-refractivity contribution in [2.75, 3.05) is 23.7 Å². The third-order valence-corrected chi connectivity index (χ3v) is 4.50. The van der Waals surface area contributed by atoms with E-state index < -0.39 is 25.6 Å². The maximum absolute atomic E-state index is 10.7. The fourth-order valence-corrected chi connectivity index (χ4v) is 2.87. The van der Waals surface area contributed by atoms with Crippen LogP contribution in [0.15, 0.2) is 53.4 Å². The molecule has 0 radical (unpaired) electrons. The maximum Gasteiger partial charge on any atom is 0.296 e. The van der Waals surface area contributed by atoms with Crippen molar-refractivity contribution in [1.29, 1.82) is 10.5 Å². The number of nitrogens with two attached hydrogens (primary N) is 1. The van der Waals surface area contributed by atoms with Gasteiger partial charge in [-0.25, -0.2) is 0 Å². The van der Waals surface area contributed by atoms with Crippen LogP contribution in [0, 0.1) is 32.8 Å². The van der Waals surface area contributed by atoms with Crippen LogP contribution in [0.3, 0.4) is 0 Å². The molecule has 3 N–H and O–H groups in total. The second-order valence-electron chi connectivity index (χ2n) is 5.59. The molecule has 0 unspecified atom stereocenters. The van der Waals surface area contributed by atoms with Crippen molar-refractivity contribution in [1.82, 2.24) is 0 Å². The zero-order valence-electron chi connectivity index (χ0n) is 15.3. The zero-order valence-corrected chi connectivity index (χ0v) is 16.1. The molecule has 29 heavy (non-hydrogen) atoms. The Labute approximate surface area is 168 Å². The van der Waals surface area contributed by atoms with Crippen LogP contribution in [0.4, 0.5) is 17.1 Å². The summed E-state index contributed by atoms with van der Waals surface area (Å²) in [6.07, 6.45) is 0.973. The van der Waals surface area contributed by atoms with Gasteiger partial charge in [-0.3, -0.25) is 14.7 Å². The molecule has 0 saturated carbocycles. The Balaban J connectivity index is 0.000000291. The molecule has 0 amide bonds. The van der Waals surface area contributed by atoms with Crippen LogP contribution in [0.2, 0.25) is 0 Å². The van der Waals surface area contributed by atoms with Crippen LogP contribution >= 0.6 is 0 Å². The molecule has 0 aromatic heterocycles. The summed E-state index contributed by atoms with van der Waals surface area (Å²) in [5.74, 6) is 0. The van der Waals surface area contributed by atoms with Crippen molar-refractivity contribution in [2.24, 2.45) is 0 Å². The normalized spacial score (nSPS) is 10.0. The van der Waals surface area contributed by atoms with Crippen LogP contribution in [0.5, 0.6) is 0 Å². The molecule has 0 atom stereocenters. The summed E-state index contributed by atoms with van der Waals surface area (Å²) in [4.78, 5) is 10.9. The van der Waals surface area contributed by atoms with Crippen molar-refractivity contribution < 1.29 is 17.9 Å². The number of nitrogen functional groups attached to an aromatic ring is 1. The lowest BCUT2D eigenvalue weighted by Gasteiger charge is -2.22. The summed E-state index contributed by atoms with van der Waals surface area (Å²) >= 11 is 0. The Morgan fingerprint density at radius 2 is 1.62 bits per heavy atom. The number of hydrogen-bond donors (Lipinski definition) is 2. The minimum absolute atomic E-state index is 0.238. The Kier molecular flexibility index (Phi) is 9.05. The molecule has 11 heteroatoms. The lowest BCUT2D eigenvalue weighted by Crippen LogP contribution is -2.25. The van der Waals surface area contributed by atoms with Gasteiger partial charge in [-0.1, -0.05) is 18.2 Å². The van der Waals surface area contributed by atoms with Crippen LogP contribution in [0.1, 0.15) is 12.8 Å². The minimum atomic E-state index is -4.52. The molecule has 0 fully saturated rings. The topological polar surface area (TPSA) is 174 Å². The Morgan fingerprint density at radius 1 is 1.07 bits per heavy atom. The SMILES string of the molecule is N#CCCN(CCC#N)c1ccccc1.Nc1ccc([N+](=O)[O-])cc1S(=O)(=O)O. The highest BCUT2D eigenvalue weighted by Gasteiger charge is 2.18. The highest BCUT2D eigenvalue weighted by atomic mass is 32.2. The predicted octanol–water partition coefficient (Wildman–Crippen LogP) is 2.74. The quantitative estimate of drug-likeness (QED) is 0.297. The standard InChI is InChI=1S/C12H13N3.C6H6N2O5S/c13-8-4-10-15(11-5-9-14)12-6-2-1-3-7-12;7-5-2-1-4(8(9)10)3-6(5)14(11,12)13/h1-3,6-7H,4-5,10-11H2;1-3H,7H2,(H,11,12,13). The smallest absolute Gasteiger partial charge is 0.296 e. The van der Waals surface area contributed by atoms with E-state index in [1.165, 1.54) is 0 Å². The number of rotatable bonds is 7. The molecule has 0 spiro atoms. The van der Waals surface area contributed by atoms with E-state index in [1.807, 2.05) is 30.3 Å². The number of non-ortho nitro benzene ring substituents is 1. The third kappa shape index (κ3) is 7.84. The number of nitro benzene ring substituents is 1. The van der Waals surface area contributed by atoms with Gasteiger partial charge in [0.25, 0.3) is 15.8 Å². The van der Waals surface area contributed by atoms with Crippen LogP contribution in [0.25, 0.3) is 0 Å². The summed E-state index contributed by atoms with van der Waals surface area (Å²) in [7, 11) is -4.52. The summed E-state index contributed by atoms with van der Waals surface area (Å²) in [6, 6.07) is 16.9. The molecule has 0 bridgehead atoms. The Hall–Kier alpha value is -3.67. The molecule has 0 saturated heterocycles. The number of benzene rings is 2. The van der Waals surface area contributed by atoms with E-state index in [0.29, 0.717) is 32.0 Å². The van der Waals surface area contributed by atoms with Gasteiger partial charge in [-0.05, 0) is 18.2 Å². The second-order valence-corrected chi connectivity index (χ2v) is 6.98. The second kappa shape index (κ2) is 11.2. The van der Waals surface area contributed by atoms with E-state index in [2.05, 4.69) is 17.0 Å². The largest absolute Gasteiger partial charge is 0.398 e. The van der Waals surface area contributed by atoms with Crippen molar-refractivity contribution in [3.63, 3.8) is 0 Å². The highest BCUT2D eigenvalue weighted by Crippen LogP contribution is 2.23. The van der Waals surface area contributed by atoms with Gasteiger partial charge in [0.05, 0.1) is 35.6 Å². The van der Waals surface area contributed by atoms with Gasteiger partial charge in [-0.2, -0.15) is 18.9 Å². The molecule has 0 heterocycles. The van der Waals surface area contributed by atoms with E-state index >= 15 is 0 Å². The Morgan fingerprint density at radius 3 is 2.07 bits per heavy atom. The van der Waals surface area contributed by atoms with E-state index in [4.69, 9.17) is 20.8 Å². The summed E-state index contributed by atoms with van der Waals surface area (Å²) in [5, 5.41) is 27.4. The van der Waals surface area contributed by atoms with Gasteiger partial charge in [0.1, 0.15) is 4.90 Å². The molecular formula is C18H19N5O5S. The Bertz CT molecular complexity index is 995. The number of nitro groups is 1. The zero-order chi connectivity index (χ0) is 21.9. The highest BCUT2D eigenvalue weighted by molar-refractivity contribution is 7.86. The third-order valence-electron chi connectivity index (χ3n) is 3.59. The van der Waals surface area contributed by atoms with E-state index in [1.54, 1.807) is 0 Å². The number of para-hydroxylation sites is 1. The average molecular weight is 417 g/mol. The molecule has 0 aliphatic rings. The van der Waals surface area contributed by atoms with Crippen LogP contribution in [-0.2, 0) is 10.1 Å². The van der Waals surface area contributed by atoms with Crippen LogP contribution < -0.4 is 10.6 Å². The van der Waals surface area contributed by atoms with Crippen molar-refractivity contribution in [3.8, 4) is 12.1 Å².